The molecule has 0 amide bonds. The van der Waals surface area contributed by atoms with Gasteiger partial charge in [0.15, 0.2) is 5.11 Å². The first-order valence-corrected chi connectivity index (χ1v) is 9.11. The molecule has 0 aliphatic heterocycles. The van der Waals surface area contributed by atoms with E-state index in [2.05, 4.69) is 34.9 Å². The molecule has 2 N–H and O–H groups in total. The van der Waals surface area contributed by atoms with Crippen molar-refractivity contribution in [2.45, 2.75) is 12.2 Å². The van der Waals surface area contributed by atoms with Gasteiger partial charge in [0.1, 0.15) is 0 Å². The highest BCUT2D eigenvalue weighted by Crippen LogP contribution is 2.20. The van der Waals surface area contributed by atoms with E-state index in [0.29, 0.717) is 10.1 Å². The molecular weight excluding hydrogens is 332 g/mol. The Bertz CT molecular complexity index is 590. The molecule has 2 nitrogen and oxygen atoms in total. The van der Waals surface area contributed by atoms with Gasteiger partial charge in [-0.3, -0.25) is 0 Å². The number of thioether (sulfide) groups is 1. The van der Waals surface area contributed by atoms with Crippen LogP contribution in [0, 0.1) is 0 Å². The van der Waals surface area contributed by atoms with Crippen LogP contribution in [-0.2, 0) is 5.75 Å². The highest BCUT2D eigenvalue weighted by atomic mass is 35.5. The average molecular weight is 351 g/mol. The van der Waals surface area contributed by atoms with Crippen molar-refractivity contribution in [1.29, 1.82) is 0 Å². The Balaban J connectivity index is 1.57. The number of thiocarbonyl (C=S) groups is 1. The van der Waals surface area contributed by atoms with Gasteiger partial charge in [0.05, 0.1) is 10.7 Å². The topological polar surface area (TPSA) is 24.1 Å². The SMILES string of the molecule is S=C(NCCCSCc1ccccc1)Nc1ccccc1Cl. The minimum atomic E-state index is 0.612. The molecular formula is C17H19ClN2S2. The van der Waals surface area contributed by atoms with Crippen LogP contribution in [0.3, 0.4) is 0 Å². The molecule has 2 aromatic carbocycles. The largest absolute Gasteiger partial charge is 0.362 e. The molecule has 2 aromatic rings. The van der Waals surface area contributed by atoms with E-state index in [-0.39, 0.29) is 0 Å². The predicted molar refractivity (Wildman–Crippen MR) is 103 cm³/mol. The van der Waals surface area contributed by atoms with Crippen LogP contribution in [0.2, 0.25) is 5.02 Å². The Hall–Kier alpha value is -1.23. The van der Waals surface area contributed by atoms with Crippen molar-refractivity contribution in [3.63, 3.8) is 0 Å². The fourth-order valence-electron chi connectivity index (χ4n) is 1.87. The molecule has 0 aliphatic carbocycles. The van der Waals surface area contributed by atoms with Crippen molar-refractivity contribution in [2.24, 2.45) is 0 Å². The summed E-state index contributed by atoms with van der Waals surface area (Å²) in [5.41, 5.74) is 2.21. The Morgan fingerprint density at radius 1 is 1.05 bits per heavy atom. The third-order valence-electron chi connectivity index (χ3n) is 2.98. The first kappa shape index (κ1) is 17.1. The van der Waals surface area contributed by atoms with E-state index in [4.69, 9.17) is 23.8 Å². The number of rotatable bonds is 7. The van der Waals surface area contributed by atoms with E-state index in [9.17, 15) is 0 Å². The van der Waals surface area contributed by atoms with Crippen molar-refractivity contribution in [3.05, 3.63) is 65.2 Å². The van der Waals surface area contributed by atoms with Crippen LogP contribution in [-0.4, -0.2) is 17.4 Å². The maximum Gasteiger partial charge on any atom is 0.170 e. The Labute approximate surface area is 146 Å². The summed E-state index contributed by atoms with van der Waals surface area (Å²) in [7, 11) is 0. The van der Waals surface area contributed by atoms with Gasteiger partial charge in [-0.15, -0.1) is 0 Å². The molecule has 0 aliphatic rings. The monoisotopic (exact) mass is 350 g/mol. The van der Waals surface area contributed by atoms with Crippen LogP contribution in [0.25, 0.3) is 0 Å². The minimum Gasteiger partial charge on any atom is -0.362 e. The molecule has 0 heterocycles. The average Bonchev–Trinajstić information content (AvgIpc) is 2.54. The second-order valence-corrected chi connectivity index (χ2v) is 6.67. The van der Waals surface area contributed by atoms with Crippen molar-refractivity contribution < 1.29 is 0 Å². The number of hydrogen-bond acceptors (Lipinski definition) is 2. The molecule has 0 radical (unpaired) electrons. The second-order valence-electron chi connectivity index (χ2n) is 4.75. The maximum absolute atomic E-state index is 6.08. The fraction of sp³-hybridized carbons (Fsp3) is 0.235. The highest BCUT2D eigenvalue weighted by Gasteiger charge is 2.01. The van der Waals surface area contributed by atoms with E-state index < -0.39 is 0 Å². The summed E-state index contributed by atoms with van der Waals surface area (Å²) in [6.45, 7) is 0.859. The van der Waals surface area contributed by atoms with Gasteiger partial charge >= 0.3 is 0 Å². The third kappa shape index (κ3) is 6.26. The quantitative estimate of drug-likeness (QED) is 0.545. The van der Waals surface area contributed by atoms with Crippen molar-refractivity contribution in [3.8, 4) is 0 Å². The summed E-state index contributed by atoms with van der Waals surface area (Å²) in [5, 5.41) is 7.60. The zero-order valence-electron chi connectivity index (χ0n) is 12.2. The van der Waals surface area contributed by atoms with E-state index >= 15 is 0 Å². The van der Waals surface area contributed by atoms with Crippen LogP contribution in [0.4, 0.5) is 5.69 Å². The molecule has 2 rings (SSSR count). The molecule has 0 saturated carbocycles. The standard InChI is InChI=1S/C17H19ClN2S2/c18-15-9-4-5-10-16(15)20-17(21)19-11-6-12-22-13-14-7-2-1-3-8-14/h1-5,7-10H,6,11-13H2,(H2,19,20,21). The number of benzene rings is 2. The lowest BCUT2D eigenvalue weighted by Crippen LogP contribution is -2.29. The van der Waals surface area contributed by atoms with Gasteiger partial charge in [0.2, 0.25) is 0 Å². The summed E-state index contributed by atoms with van der Waals surface area (Å²) in [6, 6.07) is 18.1. The van der Waals surface area contributed by atoms with Crippen LogP contribution < -0.4 is 10.6 Å². The third-order valence-corrected chi connectivity index (χ3v) is 4.68. The molecule has 0 bridgehead atoms. The molecule has 22 heavy (non-hydrogen) atoms. The lowest BCUT2D eigenvalue weighted by Gasteiger charge is -2.11. The van der Waals surface area contributed by atoms with Crippen molar-refractivity contribution in [1.82, 2.24) is 5.32 Å². The van der Waals surface area contributed by atoms with Crippen LogP contribution in [0.1, 0.15) is 12.0 Å². The van der Waals surface area contributed by atoms with Crippen molar-refractivity contribution in [2.75, 3.05) is 17.6 Å². The van der Waals surface area contributed by atoms with Crippen LogP contribution in [0.5, 0.6) is 0 Å². The number of para-hydroxylation sites is 1. The van der Waals surface area contributed by atoms with Gasteiger partial charge in [0, 0.05) is 12.3 Å². The van der Waals surface area contributed by atoms with E-state index in [1.165, 1.54) is 5.56 Å². The lowest BCUT2D eigenvalue weighted by molar-refractivity contribution is 0.854. The molecule has 0 saturated heterocycles. The number of hydrogen-bond donors (Lipinski definition) is 2. The van der Waals surface area contributed by atoms with Crippen LogP contribution >= 0.6 is 35.6 Å². The zero-order valence-corrected chi connectivity index (χ0v) is 14.6. The summed E-state index contributed by atoms with van der Waals surface area (Å²) >= 11 is 13.3. The summed E-state index contributed by atoms with van der Waals surface area (Å²) < 4.78 is 0. The van der Waals surface area contributed by atoms with E-state index in [1.54, 1.807) is 0 Å². The lowest BCUT2D eigenvalue weighted by atomic mass is 10.2. The van der Waals surface area contributed by atoms with E-state index in [0.717, 1.165) is 30.2 Å². The van der Waals surface area contributed by atoms with Crippen LogP contribution in [0.15, 0.2) is 54.6 Å². The molecule has 0 spiro atoms. The number of halogens is 1. The summed E-state index contributed by atoms with van der Waals surface area (Å²) in [5.74, 6) is 2.17. The first-order chi connectivity index (χ1) is 10.8. The maximum atomic E-state index is 6.08. The summed E-state index contributed by atoms with van der Waals surface area (Å²) in [4.78, 5) is 0. The molecule has 0 aromatic heterocycles. The first-order valence-electron chi connectivity index (χ1n) is 7.17. The normalized spacial score (nSPS) is 10.2. The second kappa shape index (κ2) is 9.72. The smallest absolute Gasteiger partial charge is 0.170 e. The van der Waals surface area contributed by atoms with Gasteiger partial charge < -0.3 is 10.6 Å². The molecule has 0 unspecified atom stereocenters. The van der Waals surface area contributed by atoms with Gasteiger partial charge in [-0.05, 0) is 42.1 Å². The Kier molecular flexibility index (Phi) is 7.57. The molecule has 5 heteroatoms. The van der Waals surface area contributed by atoms with Crippen molar-refractivity contribution >= 4 is 46.4 Å². The Morgan fingerprint density at radius 3 is 2.55 bits per heavy atom. The summed E-state index contributed by atoms with van der Waals surface area (Å²) in [6.07, 6.45) is 1.07. The fourth-order valence-corrected chi connectivity index (χ4v) is 3.19. The van der Waals surface area contributed by atoms with Gasteiger partial charge in [-0.25, -0.2) is 0 Å². The number of anilines is 1. The van der Waals surface area contributed by atoms with Gasteiger partial charge in [0.25, 0.3) is 0 Å². The molecule has 116 valence electrons. The van der Waals surface area contributed by atoms with Gasteiger partial charge in [-0.2, -0.15) is 11.8 Å². The zero-order chi connectivity index (χ0) is 15.6. The predicted octanol–water partition coefficient (Wildman–Crippen LogP) is 4.95. The highest BCUT2D eigenvalue weighted by molar-refractivity contribution is 7.98. The van der Waals surface area contributed by atoms with Gasteiger partial charge in [-0.1, -0.05) is 54.1 Å². The molecule has 0 atom stereocenters. The molecule has 0 fully saturated rings. The van der Waals surface area contributed by atoms with E-state index in [1.807, 2.05) is 42.1 Å². The minimum absolute atomic E-state index is 0.612. The number of nitrogens with one attached hydrogen (secondary N) is 2. The Morgan fingerprint density at radius 2 is 1.77 bits per heavy atom.